The van der Waals surface area contributed by atoms with E-state index in [0.29, 0.717) is 13.1 Å². The largest absolute Gasteiger partial charge is 0.348 e. The molecule has 12 heavy (non-hydrogen) atoms. The van der Waals surface area contributed by atoms with E-state index >= 15 is 0 Å². The molecule has 1 heterocycles. The van der Waals surface area contributed by atoms with Crippen LogP contribution < -0.4 is 10.6 Å². The fourth-order valence-electron chi connectivity index (χ4n) is 0.800. The molecule has 0 aliphatic heterocycles. The number of nitrogens with zero attached hydrogens (tertiary/aromatic N) is 1. The van der Waals surface area contributed by atoms with E-state index in [2.05, 4.69) is 20.6 Å². The highest BCUT2D eigenvalue weighted by Gasteiger charge is 1.99. The van der Waals surface area contributed by atoms with E-state index in [9.17, 15) is 4.79 Å². The molecule has 0 fully saturated rings. The number of imidazole rings is 1. The van der Waals surface area contributed by atoms with Gasteiger partial charge in [-0.25, -0.2) is 4.98 Å². The summed E-state index contributed by atoms with van der Waals surface area (Å²) in [5.74, 6) is 0.730. The van der Waals surface area contributed by atoms with Crippen LogP contribution in [0.4, 0.5) is 0 Å². The summed E-state index contributed by atoms with van der Waals surface area (Å²) in [6.45, 7) is 0.786. The van der Waals surface area contributed by atoms with Gasteiger partial charge in [-0.2, -0.15) is 0 Å². The van der Waals surface area contributed by atoms with Crippen molar-refractivity contribution in [2.45, 2.75) is 6.54 Å². The van der Waals surface area contributed by atoms with Gasteiger partial charge in [-0.15, -0.1) is 0 Å². The van der Waals surface area contributed by atoms with Crippen LogP contribution in [0.15, 0.2) is 12.4 Å². The SMILES string of the molecule is CNCC(=O)NCc1ncc[nH]1. The minimum absolute atomic E-state index is 0.0334. The molecule has 0 aliphatic carbocycles. The Morgan fingerprint density at radius 3 is 3.17 bits per heavy atom. The highest BCUT2D eigenvalue weighted by atomic mass is 16.1. The maximum absolute atomic E-state index is 10.9. The lowest BCUT2D eigenvalue weighted by Crippen LogP contribution is -2.31. The molecule has 5 heteroatoms. The number of carbonyl (C=O) groups is 1. The molecule has 0 bridgehead atoms. The normalized spacial score (nSPS) is 9.75. The van der Waals surface area contributed by atoms with Crippen molar-refractivity contribution in [3.63, 3.8) is 0 Å². The highest BCUT2D eigenvalue weighted by Crippen LogP contribution is 1.85. The fraction of sp³-hybridized carbons (Fsp3) is 0.429. The van der Waals surface area contributed by atoms with Crippen molar-refractivity contribution in [3.8, 4) is 0 Å². The zero-order valence-electron chi connectivity index (χ0n) is 6.92. The Hall–Kier alpha value is -1.36. The molecule has 1 aromatic rings. The summed E-state index contributed by atoms with van der Waals surface area (Å²) < 4.78 is 0. The van der Waals surface area contributed by atoms with Crippen LogP contribution in [0.3, 0.4) is 0 Å². The number of aromatic amines is 1. The van der Waals surface area contributed by atoms with Crippen LogP contribution in [0.2, 0.25) is 0 Å². The predicted molar refractivity (Wildman–Crippen MR) is 44.4 cm³/mol. The van der Waals surface area contributed by atoms with E-state index in [1.807, 2.05) is 0 Å². The van der Waals surface area contributed by atoms with Crippen molar-refractivity contribution in [3.05, 3.63) is 18.2 Å². The predicted octanol–water partition coefficient (Wildman–Crippen LogP) is -0.755. The molecule has 0 aromatic carbocycles. The van der Waals surface area contributed by atoms with Gasteiger partial charge in [0, 0.05) is 12.4 Å². The highest BCUT2D eigenvalue weighted by molar-refractivity contribution is 5.77. The lowest BCUT2D eigenvalue weighted by atomic mass is 10.5. The smallest absolute Gasteiger partial charge is 0.234 e. The molecule has 0 atom stereocenters. The molecule has 1 rings (SSSR count). The molecular formula is C7H12N4O. The van der Waals surface area contributed by atoms with Crippen molar-refractivity contribution >= 4 is 5.91 Å². The van der Waals surface area contributed by atoms with E-state index in [1.54, 1.807) is 19.4 Å². The number of hydrogen-bond acceptors (Lipinski definition) is 3. The number of H-pyrrole nitrogens is 1. The number of likely N-dealkylation sites (N-methyl/N-ethyl adjacent to an activating group) is 1. The second-order valence-electron chi connectivity index (χ2n) is 2.34. The van der Waals surface area contributed by atoms with Crippen LogP contribution in [0, 0.1) is 0 Å². The molecule has 0 saturated heterocycles. The van der Waals surface area contributed by atoms with Crippen LogP contribution in [0.5, 0.6) is 0 Å². The van der Waals surface area contributed by atoms with Crippen LogP contribution in [0.25, 0.3) is 0 Å². The summed E-state index contributed by atoms with van der Waals surface area (Å²) >= 11 is 0. The molecule has 5 nitrogen and oxygen atoms in total. The van der Waals surface area contributed by atoms with E-state index in [-0.39, 0.29) is 5.91 Å². The molecule has 0 aliphatic rings. The number of aromatic nitrogens is 2. The van der Waals surface area contributed by atoms with Crippen molar-refractivity contribution in [1.82, 2.24) is 20.6 Å². The fourth-order valence-corrected chi connectivity index (χ4v) is 0.800. The Labute approximate surface area is 70.6 Å². The summed E-state index contributed by atoms with van der Waals surface area (Å²) in [4.78, 5) is 17.8. The molecule has 1 amide bonds. The Kier molecular flexibility index (Phi) is 3.28. The zero-order chi connectivity index (χ0) is 8.81. The van der Waals surface area contributed by atoms with Gasteiger partial charge < -0.3 is 15.6 Å². The summed E-state index contributed by atoms with van der Waals surface area (Å²) in [6.07, 6.45) is 3.37. The van der Waals surface area contributed by atoms with Crippen LogP contribution in [0.1, 0.15) is 5.82 Å². The molecule has 3 N–H and O–H groups in total. The maximum Gasteiger partial charge on any atom is 0.234 e. The quantitative estimate of drug-likeness (QED) is 0.553. The maximum atomic E-state index is 10.9. The first-order chi connectivity index (χ1) is 5.83. The third-order valence-electron chi connectivity index (χ3n) is 1.35. The third-order valence-corrected chi connectivity index (χ3v) is 1.35. The summed E-state index contributed by atoms with van der Waals surface area (Å²) in [7, 11) is 1.73. The van der Waals surface area contributed by atoms with E-state index in [0.717, 1.165) is 5.82 Å². The summed E-state index contributed by atoms with van der Waals surface area (Å²) in [5.41, 5.74) is 0. The van der Waals surface area contributed by atoms with Crippen molar-refractivity contribution in [2.24, 2.45) is 0 Å². The topological polar surface area (TPSA) is 69.8 Å². The summed E-state index contributed by atoms with van der Waals surface area (Å²) in [5, 5.41) is 5.45. The molecule has 1 aromatic heterocycles. The van der Waals surface area contributed by atoms with Gasteiger partial charge in [0.15, 0.2) is 0 Å². The Morgan fingerprint density at radius 1 is 1.75 bits per heavy atom. The van der Waals surface area contributed by atoms with Crippen LogP contribution in [-0.4, -0.2) is 29.5 Å². The van der Waals surface area contributed by atoms with Crippen molar-refractivity contribution in [1.29, 1.82) is 0 Å². The van der Waals surface area contributed by atoms with E-state index in [1.165, 1.54) is 0 Å². The van der Waals surface area contributed by atoms with E-state index in [4.69, 9.17) is 0 Å². The van der Waals surface area contributed by atoms with Gasteiger partial charge in [0.2, 0.25) is 5.91 Å². The van der Waals surface area contributed by atoms with Crippen molar-refractivity contribution in [2.75, 3.05) is 13.6 Å². The molecule has 0 unspecified atom stereocenters. The minimum Gasteiger partial charge on any atom is -0.348 e. The Balaban J connectivity index is 2.22. The first-order valence-corrected chi connectivity index (χ1v) is 3.72. The second kappa shape index (κ2) is 4.50. The molecule has 0 saturated carbocycles. The third kappa shape index (κ3) is 2.71. The first-order valence-electron chi connectivity index (χ1n) is 3.72. The average molecular weight is 168 g/mol. The standard InChI is InChI=1S/C7H12N4O/c1-8-5-7(12)11-4-6-9-2-3-10-6/h2-3,8H,4-5H2,1H3,(H,9,10)(H,11,12). The number of rotatable bonds is 4. The lowest BCUT2D eigenvalue weighted by molar-refractivity contribution is -0.120. The average Bonchev–Trinajstić information content (AvgIpc) is 2.53. The number of nitrogens with one attached hydrogen (secondary N) is 3. The Bertz CT molecular complexity index is 232. The minimum atomic E-state index is -0.0334. The number of hydrogen-bond donors (Lipinski definition) is 3. The van der Waals surface area contributed by atoms with Gasteiger partial charge in [0.05, 0.1) is 13.1 Å². The zero-order valence-corrected chi connectivity index (χ0v) is 6.92. The molecule has 66 valence electrons. The second-order valence-corrected chi connectivity index (χ2v) is 2.34. The van der Waals surface area contributed by atoms with Crippen LogP contribution >= 0.6 is 0 Å². The lowest BCUT2D eigenvalue weighted by Gasteiger charge is -2.01. The first kappa shape index (κ1) is 8.73. The van der Waals surface area contributed by atoms with Crippen LogP contribution in [-0.2, 0) is 11.3 Å². The van der Waals surface area contributed by atoms with Gasteiger partial charge in [-0.1, -0.05) is 0 Å². The van der Waals surface area contributed by atoms with Gasteiger partial charge in [-0.3, -0.25) is 4.79 Å². The molecule has 0 spiro atoms. The number of carbonyl (C=O) groups excluding carboxylic acids is 1. The molecular weight excluding hydrogens is 156 g/mol. The molecule has 0 radical (unpaired) electrons. The van der Waals surface area contributed by atoms with Gasteiger partial charge in [0.25, 0.3) is 0 Å². The van der Waals surface area contributed by atoms with Gasteiger partial charge in [0.1, 0.15) is 5.82 Å². The van der Waals surface area contributed by atoms with E-state index < -0.39 is 0 Å². The van der Waals surface area contributed by atoms with Crippen molar-refractivity contribution < 1.29 is 4.79 Å². The monoisotopic (exact) mass is 168 g/mol. The Morgan fingerprint density at radius 2 is 2.58 bits per heavy atom. The van der Waals surface area contributed by atoms with Gasteiger partial charge in [-0.05, 0) is 7.05 Å². The van der Waals surface area contributed by atoms with Gasteiger partial charge >= 0.3 is 0 Å². The number of amides is 1. The summed E-state index contributed by atoms with van der Waals surface area (Å²) in [6, 6.07) is 0.